The Bertz CT molecular complexity index is 743. The first-order chi connectivity index (χ1) is 9.19. The molecule has 0 aliphatic carbocycles. The van der Waals surface area contributed by atoms with Crippen molar-refractivity contribution in [2.24, 2.45) is 5.73 Å². The van der Waals surface area contributed by atoms with Crippen molar-refractivity contribution in [1.82, 2.24) is 14.6 Å². The lowest BCUT2D eigenvalue weighted by Gasteiger charge is -2.07. The summed E-state index contributed by atoms with van der Waals surface area (Å²) >= 11 is 0. The molecule has 0 saturated heterocycles. The normalized spacial score (nSPS) is 11.1. The van der Waals surface area contributed by atoms with Gasteiger partial charge in [-0.15, -0.1) is 0 Å². The SMILES string of the molecule is Cc1ccc(C)c(-c2ccc3ncc(CN)n3n2)c1. The van der Waals surface area contributed by atoms with Gasteiger partial charge < -0.3 is 5.73 Å². The average molecular weight is 252 g/mol. The Kier molecular flexibility index (Phi) is 2.80. The molecule has 0 saturated carbocycles. The zero-order valence-corrected chi connectivity index (χ0v) is 11.1. The monoisotopic (exact) mass is 252 g/mol. The molecule has 0 aliphatic heterocycles. The van der Waals surface area contributed by atoms with Crippen molar-refractivity contribution in [3.8, 4) is 11.3 Å². The van der Waals surface area contributed by atoms with Crippen LogP contribution in [0.25, 0.3) is 16.9 Å². The molecule has 2 aromatic heterocycles. The molecule has 3 aromatic rings. The zero-order chi connectivity index (χ0) is 13.4. The topological polar surface area (TPSA) is 56.2 Å². The van der Waals surface area contributed by atoms with Crippen LogP contribution in [0.1, 0.15) is 16.8 Å². The minimum absolute atomic E-state index is 0.435. The summed E-state index contributed by atoms with van der Waals surface area (Å²) in [4.78, 5) is 4.28. The van der Waals surface area contributed by atoms with Gasteiger partial charge in [0.1, 0.15) is 0 Å². The summed E-state index contributed by atoms with van der Waals surface area (Å²) in [5.41, 5.74) is 12.0. The van der Waals surface area contributed by atoms with Gasteiger partial charge in [0.25, 0.3) is 0 Å². The second kappa shape index (κ2) is 4.48. The Hall–Kier alpha value is -2.20. The van der Waals surface area contributed by atoms with E-state index >= 15 is 0 Å². The predicted molar refractivity (Wildman–Crippen MR) is 75.8 cm³/mol. The van der Waals surface area contributed by atoms with Gasteiger partial charge in [-0.1, -0.05) is 17.7 Å². The van der Waals surface area contributed by atoms with Crippen LogP contribution in [0.15, 0.2) is 36.5 Å². The van der Waals surface area contributed by atoms with Gasteiger partial charge in [-0.25, -0.2) is 9.50 Å². The second-order valence-electron chi connectivity index (χ2n) is 4.76. The van der Waals surface area contributed by atoms with Gasteiger partial charge in [-0.2, -0.15) is 5.10 Å². The maximum Gasteiger partial charge on any atom is 0.153 e. The zero-order valence-electron chi connectivity index (χ0n) is 11.1. The number of fused-ring (bicyclic) bond motifs is 1. The molecule has 1 aromatic carbocycles. The van der Waals surface area contributed by atoms with Crippen molar-refractivity contribution in [2.45, 2.75) is 20.4 Å². The van der Waals surface area contributed by atoms with Crippen molar-refractivity contribution >= 4 is 5.65 Å². The van der Waals surface area contributed by atoms with Crippen molar-refractivity contribution in [1.29, 1.82) is 0 Å². The van der Waals surface area contributed by atoms with E-state index in [1.54, 1.807) is 6.20 Å². The molecule has 0 radical (unpaired) electrons. The number of nitrogens with zero attached hydrogens (tertiary/aromatic N) is 3. The Morgan fingerprint density at radius 1 is 1.16 bits per heavy atom. The first-order valence-electron chi connectivity index (χ1n) is 6.30. The highest BCUT2D eigenvalue weighted by Gasteiger charge is 2.08. The van der Waals surface area contributed by atoms with Crippen molar-refractivity contribution in [3.63, 3.8) is 0 Å². The average Bonchev–Trinajstić information content (AvgIpc) is 2.83. The standard InChI is InChI=1S/C15H16N4/c1-10-3-4-11(2)13(7-10)14-5-6-15-17-9-12(8-16)19(15)18-14/h3-7,9H,8,16H2,1-2H3. The fourth-order valence-electron chi connectivity index (χ4n) is 2.22. The first-order valence-corrected chi connectivity index (χ1v) is 6.30. The van der Waals surface area contributed by atoms with Crippen molar-refractivity contribution < 1.29 is 0 Å². The molecule has 0 fully saturated rings. The largest absolute Gasteiger partial charge is 0.325 e. The van der Waals surface area contributed by atoms with E-state index < -0.39 is 0 Å². The fourth-order valence-corrected chi connectivity index (χ4v) is 2.22. The van der Waals surface area contributed by atoms with Gasteiger partial charge in [0.15, 0.2) is 5.65 Å². The van der Waals surface area contributed by atoms with E-state index in [-0.39, 0.29) is 0 Å². The van der Waals surface area contributed by atoms with Crippen LogP contribution in [-0.2, 0) is 6.54 Å². The molecule has 96 valence electrons. The number of aromatic nitrogens is 3. The van der Waals surface area contributed by atoms with E-state index in [0.717, 1.165) is 22.6 Å². The van der Waals surface area contributed by atoms with Crippen LogP contribution in [0, 0.1) is 13.8 Å². The summed E-state index contributed by atoms with van der Waals surface area (Å²) in [6.45, 7) is 4.62. The third-order valence-electron chi connectivity index (χ3n) is 3.31. The molecule has 0 unspecified atom stereocenters. The lowest BCUT2D eigenvalue weighted by atomic mass is 10.0. The number of rotatable bonds is 2. The predicted octanol–water partition coefficient (Wildman–Crippen LogP) is 2.47. The third kappa shape index (κ3) is 2.00. The molecule has 0 aliphatic rings. The van der Waals surface area contributed by atoms with Crippen LogP contribution in [-0.4, -0.2) is 14.6 Å². The Morgan fingerprint density at radius 2 is 2.00 bits per heavy atom. The molecule has 2 heterocycles. The summed E-state index contributed by atoms with van der Waals surface area (Å²) in [5, 5.41) is 4.65. The maximum atomic E-state index is 5.70. The lowest BCUT2D eigenvalue weighted by molar-refractivity contribution is 0.849. The summed E-state index contributed by atoms with van der Waals surface area (Å²) in [5.74, 6) is 0. The molecule has 0 atom stereocenters. The van der Waals surface area contributed by atoms with E-state index in [1.165, 1.54) is 11.1 Å². The highest BCUT2D eigenvalue weighted by atomic mass is 15.3. The number of nitrogens with two attached hydrogens (primary N) is 1. The molecule has 4 nitrogen and oxygen atoms in total. The lowest BCUT2D eigenvalue weighted by Crippen LogP contribution is -2.04. The molecular weight excluding hydrogens is 236 g/mol. The van der Waals surface area contributed by atoms with E-state index in [1.807, 2.05) is 16.6 Å². The number of hydrogen-bond donors (Lipinski definition) is 1. The highest BCUT2D eigenvalue weighted by Crippen LogP contribution is 2.23. The molecule has 0 bridgehead atoms. The molecule has 2 N–H and O–H groups in total. The van der Waals surface area contributed by atoms with Crippen LogP contribution in [0.4, 0.5) is 0 Å². The highest BCUT2D eigenvalue weighted by molar-refractivity contribution is 5.65. The smallest absolute Gasteiger partial charge is 0.153 e. The minimum Gasteiger partial charge on any atom is -0.325 e. The summed E-state index contributed by atoms with van der Waals surface area (Å²) < 4.78 is 1.82. The molecule has 19 heavy (non-hydrogen) atoms. The summed E-state index contributed by atoms with van der Waals surface area (Å²) in [6, 6.07) is 10.4. The van der Waals surface area contributed by atoms with Gasteiger partial charge in [-0.3, -0.25) is 0 Å². The fraction of sp³-hybridized carbons (Fsp3) is 0.200. The first kappa shape index (κ1) is 11.9. The number of hydrogen-bond acceptors (Lipinski definition) is 3. The van der Waals surface area contributed by atoms with Crippen LogP contribution >= 0.6 is 0 Å². The summed E-state index contributed by atoms with van der Waals surface area (Å²) in [7, 11) is 0. The Morgan fingerprint density at radius 3 is 2.79 bits per heavy atom. The summed E-state index contributed by atoms with van der Waals surface area (Å²) in [6.07, 6.45) is 1.77. The minimum atomic E-state index is 0.435. The molecule has 0 spiro atoms. The number of aryl methyl sites for hydroxylation is 2. The number of benzene rings is 1. The van der Waals surface area contributed by atoms with Crippen LogP contribution in [0.3, 0.4) is 0 Å². The quantitative estimate of drug-likeness (QED) is 0.762. The van der Waals surface area contributed by atoms with Crippen LogP contribution in [0.5, 0.6) is 0 Å². The van der Waals surface area contributed by atoms with E-state index in [4.69, 9.17) is 5.73 Å². The van der Waals surface area contributed by atoms with Gasteiger partial charge >= 0.3 is 0 Å². The third-order valence-corrected chi connectivity index (χ3v) is 3.31. The number of imidazole rings is 1. The molecule has 3 rings (SSSR count). The van der Waals surface area contributed by atoms with Gasteiger partial charge in [0.05, 0.1) is 17.6 Å². The maximum absolute atomic E-state index is 5.70. The molecular formula is C15H16N4. The van der Waals surface area contributed by atoms with Gasteiger partial charge in [0, 0.05) is 12.1 Å². The van der Waals surface area contributed by atoms with E-state index in [9.17, 15) is 0 Å². The second-order valence-corrected chi connectivity index (χ2v) is 4.76. The van der Waals surface area contributed by atoms with Crippen LogP contribution < -0.4 is 5.73 Å². The van der Waals surface area contributed by atoms with E-state index in [2.05, 4.69) is 42.1 Å². The van der Waals surface area contributed by atoms with Crippen LogP contribution in [0.2, 0.25) is 0 Å². The van der Waals surface area contributed by atoms with Gasteiger partial charge in [0.2, 0.25) is 0 Å². The van der Waals surface area contributed by atoms with Crippen molar-refractivity contribution in [2.75, 3.05) is 0 Å². The van der Waals surface area contributed by atoms with Gasteiger partial charge in [-0.05, 0) is 37.6 Å². The molecule has 4 heteroatoms. The van der Waals surface area contributed by atoms with Crippen molar-refractivity contribution in [3.05, 3.63) is 53.3 Å². The Labute approximate surface area is 111 Å². The van der Waals surface area contributed by atoms with E-state index in [0.29, 0.717) is 6.54 Å². The molecule has 0 amide bonds. The Balaban J connectivity index is 2.22.